The number of carboxylic acid groups (broad SMARTS) is 2. The number of ether oxygens (including phenoxy) is 6. The van der Waals surface area contributed by atoms with Gasteiger partial charge in [0, 0.05) is 49.1 Å². The smallest absolute Gasteiger partial charge is 0.351 e. The molecule has 7 rings (SSSR count). The molecule has 16 heteroatoms. The summed E-state index contributed by atoms with van der Waals surface area (Å²) in [6.07, 6.45) is 0. The van der Waals surface area contributed by atoms with E-state index < -0.39 is 34.3 Å². The van der Waals surface area contributed by atoms with Gasteiger partial charge in [0.15, 0.2) is 0 Å². The first-order valence-corrected chi connectivity index (χ1v) is 16.1. The average molecular weight is 697 g/mol. The number of rotatable bonds is 2. The Kier molecular flexibility index (Phi) is 11.1. The Morgan fingerprint density at radius 1 is 0.500 bits per heavy atom. The van der Waals surface area contributed by atoms with Gasteiger partial charge >= 0.3 is 23.2 Å². The third-order valence-electron chi connectivity index (χ3n) is 8.13. The molecule has 0 unspecified atom stereocenters. The molecule has 0 aliphatic carbocycles. The second-order valence-corrected chi connectivity index (χ2v) is 11.3. The van der Waals surface area contributed by atoms with Crippen LogP contribution in [0.15, 0.2) is 54.8 Å². The summed E-state index contributed by atoms with van der Waals surface area (Å²) in [5.74, 6) is -2.09. The molecule has 16 nitrogen and oxygen atoms in total. The van der Waals surface area contributed by atoms with Gasteiger partial charge in [0.1, 0.15) is 47.0 Å². The second kappa shape index (κ2) is 16.0. The molecule has 0 atom stereocenters. The lowest BCUT2D eigenvalue weighted by Crippen LogP contribution is -2.34. The van der Waals surface area contributed by atoms with Crippen molar-refractivity contribution in [2.24, 2.45) is 0 Å². The fourth-order valence-corrected chi connectivity index (χ4v) is 5.65. The van der Waals surface area contributed by atoms with Crippen molar-refractivity contribution in [3.63, 3.8) is 0 Å². The number of fused-ring (bicyclic) bond motifs is 19. The molecule has 0 saturated carbocycles. The first kappa shape index (κ1) is 34.7. The van der Waals surface area contributed by atoms with Crippen LogP contribution in [0.4, 0.5) is 11.4 Å². The largest absolute Gasteiger partial charge is 0.488 e. The first-order chi connectivity index (χ1) is 24.3. The lowest BCUT2D eigenvalue weighted by molar-refractivity contribution is 0.0434. The minimum absolute atomic E-state index is 0.0237. The van der Waals surface area contributed by atoms with E-state index in [1.54, 1.807) is 24.3 Å². The summed E-state index contributed by atoms with van der Waals surface area (Å²) in [5.41, 5.74) is -1.53. The van der Waals surface area contributed by atoms with Crippen LogP contribution in [0.2, 0.25) is 0 Å². The molecule has 50 heavy (non-hydrogen) atoms. The number of nitrogens with zero attached hydrogens (tertiary/aromatic N) is 2. The summed E-state index contributed by atoms with van der Waals surface area (Å²) in [6.45, 7) is 4.32. The molecule has 2 N–H and O–H groups in total. The van der Waals surface area contributed by atoms with Gasteiger partial charge in [-0.1, -0.05) is 0 Å². The van der Waals surface area contributed by atoms with E-state index in [1.807, 2.05) is 9.80 Å². The van der Waals surface area contributed by atoms with Crippen molar-refractivity contribution in [3.05, 3.63) is 68.4 Å². The van der Waals surface area contributed by atoms with E-state index in [4.69, 9.17) is 37.3 Å². The number of aromatic carboxylic acids is 2. The molecule has 5 heterocycles. The zero-order chi connectivity index (χ0) is 35.0. The van der Waals surface area contributed by atoms with Gasteiger partial charge in [-0.15, -0.1) is 0 Å². The van der Waals surface area contributed by atoms with Gasteiger partial charge in [0.05, 0.1) is 64.2 Å². The Balaban J connectivity index is 1.43. The Hall–Kier alpha value is -5.16. The highest BCUT2D eigenvalue weighted by atomic mass is 16.5. The molecular formula is C34H36N2O14. The van der Waals surface area contributed by atoms with Crippen LogP contribution in [0.1, 0.15) is 20.7 Å². The zero-order valence-corrected chi connectivity index (χ0v) is 27.1. The molecule has 4 aromatic rings. The maximum absolute atomic E-state index is 12.4. The summed E-state index contributed by atoms with van der Waals surface area (Å²) in [4.78, 5) is 52.2. The summed E-state index contributed by atoms with van der Waals surface area (Å²) in [7, 11) is 0. The highest BCUT2D eigenvalue weighted by Crippen LogP contribution is 2.35. The Bertz CT molecular complexity index is 1810. The summed E-state index contributed by atoms with van der Waals surface area (Å²) >= 11 is 0. The standard InChI is InChI=1S/C34H36N2O14/c37-31(38)23-15-21-17-29-25(19-27(21)49-33(23)41)35-1-5-43-9-10-45-7-3-36(4-8-46-12-11-44-6-2-35)26-20-28-22(18-30(26)48-14-13-47-29)16-24(32(39)40)34(42)50-28/h15-20H,1-14H2,(H,37,38)(H,39,40). The van der Waals surface area contributed by atoms with Crippen molar-refractivity contribution >= 4 is 45.3 Å². The van der Waals surface area contributed by atoms with Crippen LogP contribution in [0.25, 0.3) is 21.9 Å². The van der Waals surface area contributed by atoms with Gasteiger partial charge in [-0.05, 0) is 24.3 Å². The molecule has 2 aromatic heterocycles. The van der Waals surface area contributed by atoms with Crippen LogP contribution >= 0.6 is 0 Å². The van der Waals surface area contributed by atoms with E-state index in [9.17, 15) is 29.4 Å². The third kappa shape index (κ3) is 8.16. The van der Waals surface area contributed by atoms with Gasteiger partial charge < -0.3 is 57.3 Å². The fraction of sp³-hybridized carbons (Fsp3) is 0.412. The Labute approximate surface area is 284 Å². The van der Waals surface area contributed by atoms with Crippen molar-refractivity contribution in [2.45, 2.75) is 0 Å². The minimum Gasteiger partial charge on any atom is -0.488 e. The van der Waals surface area contributed by atoms with Crippen LogP contribution in [-0.2, 0) is 18.9 Å². The molecule has 266 valence electrons. The molecule has 3 aliphatic heterocycles. The summed E-state index contributed by atoms with van der Waals surface area (Å²) in [6, 6.07) is 8.92. The second-order valence-electron chi connectivity index (χ2n) is 11.3. The number of hydrogen-bond donors (Lipinski definition) is 2. The van der Waals surface area contributed by atoms with E-state index in [0.29, 0.717) is 113 Å². The average Bonchev–Trinajstić information content (AvgIpc) is 3.08. The molecular weight excluding hydrogens is 660 g/mol. The van der Waals surface area contributed by atoms with Crippen LogP contribution in [0.3, 0.4) is 0 Å². The number of anilines is 2. The highest BCUT2D eigenvalue weighted by Gasteiger charge is 2.21. The molecule has 0 amide bonds. The SMILES string of the molecule is O=C(O)c1cc2cc3c(cc2oc1=O)N1CCOCCOCCN(CCOCCOCC1)c1cc2oc(=O)c(C(=O)O)cc2cc1OCCO3. The highest BCUT2D eigenvalue weighted by molar-refractivity contribution is 5.94. The molecule has 0 spiro atoms. The zero-order valence-electron chi connectivity index (χ0n) is 27.1. The predicted octanol–water partition coefficient (Wildman–Crippen LogP) is 2.46. The molecule has 3 aliphatic rings. The van der Waals surface area contributed by atoms with Crippen LogP contribution in [-0.4, -0.2) is 114 Å². The van der Waals surface area contributed by atoms with E-state index >= 15 is 0 Å². The predicted molar refractivity (Wildman–Crippen MR) is 178 cm³/mol. The maximum Gasteiger partial charge on any atom is 0.351 e. The normalized spacial score (nSPS) is 17.3. The summed E-state index contributed by atoms with van der Waals surface area (Å²) in [5, 5.41) is 19.7. The number of benzene rings is 2. The van der Waals surface area contributed by atoms with E-state index in [1.165, 1.54) is 12.1 Å². The quantitative estimate of drug-likeness (QED) is 0.290. The molecule has 2 bridgehead atoms. The number of hydrogen-bond acceptors (Lipinski definition) is 14. The number of carboxylic acids is 2. The Morgan fingerprint density at radius 3 is 1.20 bits per heavy atom. The third-order valence-corrected chi connectivity index (χ3v) is 8.13. The van der Waals surface area contributed by atoms with Gasteiger partial charge in [-0.2, -0.15) is 0 Å². The fourth-order valence-electron chi connectivity index (χ4n) is 5.65. The van der Waals surface area contributed by atoms with E-state index in [0.717, 1.165) is 0 Å². The molecule has 1 fully saturated rings. The molecule has 1 saturated heterocycles. The lowest BCUT2D eigenvalue weighted by atomic mass is 10.1. The van der Waals surface area contributed by atoms with Crippen LogP contribution in [0.5, 0.6) is 11.5 Å². The monoisotopic (exact) mass is 696 g/mol. The van der Waals surface area contributed by atoms with Crippen molar-refractivity contribution in [3.8, 4) is 11.5 Å². The van der Waals surface area contributed by atoms with Crippen molar-refractivity contribution in [2.75, 3.05) is 102 Å². The van der Waals surface area contributed by atoms with Crippen molar-refractivity contribution in [1.82, 2.24) is 0 Å². The topological polar surface area (TPSA) is 197 Å². The van der Waals surface area contributed by atoms with Crippen LogP contribution in [0, 0.1) is 0 Å². The minimum atomic E-state index is -1.42. The van der Waals surface area contributed by atoms with Crippen molar-refractivity contribution in [1.29, 1.82) is 0 Å². The van der Waals surface area contributed by atoms with Gasteiger partial charge in [0.25, 0.3) is 0 Å². The maximum atomic E-state index is 12.4. The van der Waals surface area contributed by atoms with E-state index in [-0.39, 0.29) is 24.4 Å². The Morgan fingerprint density at radius 2 is 0.860 bits per heavy atom. The molecule has 2 aromatic carbocycles. The first-order valence-electron chi connectivity index (χ1n) is 16.1. The van der Waals surface area contributed by atoms with E-state index in [2.05, 4.69) is 0 Å². The summed E-state index contributed by atoms with van der Waals surface area (Å²) < 4.78 is 46.9. The van der Waals surface area contributed by atoms with Crippen LogP contribution < -0.4 is 30.5 Å². The van der Waals surface area contributed by atoms with Crippen molar-refractivity contribution < 1.29 is 57.1 Å². The van der Waals surface area contributed by atoms with Gasteiger partial charge in [0.2, 0.25) is 0 Å². The molecule has 0 radical (unpaired) electrons. The lowest BCUT2D eigenvalue weighted by Gasteiger charge is -2.29. The van der Waals surface area contributed by atoms with Gasteiger partial charge in [-0.3, -0.25) is 0 Å². The van der Waals surface area contributed by atoms with Gasteiger partial charge in [-0.25, -0.2) is 19.2 Å². The number of carbonyl (C=O) groups is 2.